The second-order valence-corrected chi connectivity index (χ2v) is 6.35. The molecule has 13 heteroatoms. The Morgan fingerprint density at radius 2 is 2.04 bits per heavy atom. The van der Waals surface area contributed by atoms with Gasteiger partial charge in [-0.2, -0.15) is 13.5 Å². The van der Waals surface area contributed by atoms with Gasteiger partial charge in [0.05, 0.1) is 12.1 Å². The fraction of sp³-hybridized carbons (Fsp3) is 0.700. The maximum atomic E-state index is 12.3. The van der Waals surface area contributed by atoms with Crippen LogP contribution < -0.4 is 11.6 Å². The molecule has 0 aromatic rings. The van der Waals surface area contributed by atoms with Gasteiger partial charge in [0, 0.05) is 6.54 Å². The molecule has 0 aliphatic carbocycles. The number of nitrogens with two attached hydrogens (primary N) is 2. The molecule has 4 amide bonds. The topological polar surface area (TPSA) is 177 Å². The number of fused-ring (bicyclic) bond motifs is 2. The summed E-state index contributed by atoms with van der Waals surface area (Å²) in [5.41, 5.74) is 5.37. The highest BCUT2D eigenvalue weighted by Gasteiger charge is 2.50. The van der Waals surface area contributed by atoms with E-state index in [0.29, 0.717) is 10.1 Å². The van der Waals surface area contributed by atoms with Crippen LogP contribution in [0.3, 0.4) is 0 Å². The molecule has 2 bridgehead atoms. The first-order valence-electron chi connectivity index (χ1n) is 6.68. The third kappa shape index (κ3) is 3.42. The molecule has 0 saturated carbocycles. The Bertz CT molecular complexity index is 636. The van der Waals surface area contributed by atoms with E-state index in [1.165, 1.54) is 6.92 Å². The lowest BCUT2D eigenvalue weighted by molar-refractivity contribution is -0.149. The SMILES string of the molecule is C[C@@H](N)C(=O)N(N)C(=O)[C@@H]1CC[C@@H]2CN1C(=O)N2OS(=O)(=O)O. The van der Waals surface area contributed by atoms with Gasteiger partial charge in [0.1, 0.15) is 6.04 Å². The van der Waals surface area contributed by atoms with Crippen molar-refractivity contribution in [2.75, 3.05) is 6.54 Å². The average molecular weight is 351 g/mol. The fourth-order valence-electron chi connectivity index (χ4n) is 2.58. The quantitative estimate of drug-likeness (QED) is 0.215. The van der Waals surface area contributed by atoms with E-state index in [1.54, 1.807) is 0 Å². The Labute approximate surface area is 131 Å². The predicted molar refractivity (Wildman–Crippen MR) is 73.1 cm³/mol. The second kappa shape index (κ2) is 6.01. The highest BCUT2D eigenvalue weighted by molar-refractivity contribution is 7.80. The van der Waals surface area contributed by atoms with Crippen LogP contribution >= 0.6 is 0 Å². The molecule has 130 valence electrons. The molecule has 0 radical (unpaired) electrons. The molecule has 0 spiro atoms. The zero-order chi connectivity index (χ0) is 17.5. The van der Waals surface area contributed by atoms with E-state index >= 15 is 0 Å². The number of hydroxylamine groups is 2. The standard InChI is InChI=1S/C10H17N5O7S/c1-5(11)8(16)14(12)9(17)7-3-2-6-4-13(7)10(18)15(6)22-23(19,20)21/h5-7H,2-4,11-12H2,1H3,(H,19,20,21)/t5-,6-,7+/m1/s1. The molecule has 5 N–H and O–H groups in total. The van der Waals surface area contributed by atoms with Crippen molar-refractivity contribution in [3.05, 3.63) is 0 Å². The average Bonchev–Trinajstić information content (AvgIpc) is 2.69. The van der Waals surface area contributed by atoms with Crippen molar-refractivity contribution in [3.63, 3.8) is 0 Å². The Morgan fingerprint density at radius 3 is 2.57 bits per heavy atom. The molecule has 2 rings (SSSR count). The van der Waals surface area contributed by atoms with Gasteiger partial charge in [-0.15, -0.1) is 4.28 Å². The summed E-state index contributed by atoms with van der Waals surface area (Å²) in [6.45, 7) is 1.36. The lowest BCUT2D eigenvalue weighted by atomic mass is 10.00. The van der Waals surface area contributed by atoms with Crippen molar-refractivity contribution < 1.29 is 31.6 Å². The van der Waals surface area contributed by atoms with Crippen LogP contribution in [0, 0.1) is 0 Å². The van der Waals surface area contributed by atoms with E-state index in [1.807, 2.05) is 0 Å². The van der Waals surface area contributed by atoms with Gasteiger partial charge in [0.25, 0.3) is 11.8 Å². The number of carbonyl (C=O) groups is 3. The van der Waals surface area contributed by atoms with Crippen molar-refractivity contribution in [2.24, 2.45) is 11.6 Å². The van der Waals surface area contributed by atoms with Crippen molar-refractivity contribution in [2.45, 2.75) is 37.9 Å². The first-order chi connectivity index (χ1) is 10.5. The minimum Gasteiger partial charge on any atom is -0.320 e. The van der Waals surface area contributed by atoms with Crippen LogP contribution in [0.2, 0.25) is 0 Å². The smallest absolute Gasteiger partial charge is 0.320 e. The molecule has 3 atom stereocenters. The van der Waals surface area contributed by atoms with Gasteiger partial charge in [-0.25, -0.2) is 15.6 Å². The number of imide groups is 1. The van der Waals surface area contributed by atoms with E-state index in [2.05, 4.69) is 4.28 Å². The number of carbonyl (C=O) groups excluding carboxylic acids is 3. The maximum Gasteiger partial charge on any atom is 0.418 e. The third-order valence-corrected chi connectivity index (χ3v) is 4.00. The monoisotopic (exact) mass is 351 g/mol. The van der Waals surface area contributed by atoms with E-state index in [4.69, 9.17) is 16.1 Å². The van der Waals surface area contributed by atoms with E-state index in [-0.39, 0.29) is 19.4 Å². The largest absolute Gasteiger partial charge is 0.418 e. The summed E-state index contributed by atoms with van der Waals surface area (Å²) < 4.78 is 34.5. The minimum atomic E-state index is -4.87. The first kappa shape index (κ1) is 17.6. The summed E-state index contributed by atoms with van der Waals surface area (Å²) in [5.74, 6) is 3.80. The van der Waals surface area contributed by atoms with E-state index < -0.39 is 46.4 Å². The van der Waals surface area contributed by atoms with Crippen molar-refractivity contribution in [1.29, 1.82) is 0 Å². The summed E-state index contributed by atoms with van der Waals surface area (Å²) in [4.78, 5) is 37.1. The summed E-state index contributed by atoms with van der Waals surface area (Å²) in [6, 6.07) is -3.58. The zero-order valence-corrected chi connectivity index (χ0v) is 13.0. The number of piperidine rings is 1. The van der Waals surface area contributed by atoms with Gasteiger partial charge in [-0.05, 0) is 19.8 Å². The second-order valence-electron chi connectivity index (χ2n) is 5.35. The molecule has 2 aliphatic heterocycles. The Morgan fingerprint density at radius 1 is 1.43 bits per heavy atom. The fourth-order valence-corrected chi connectivity index (χ4v) is 2.97. The highest BCUT2D eigenvalue weighted by atomic mass is 32.3. The number of urea groups is 1. The van der Waals surface area contributed by atoms with E-state index in [9.17, 15) is 22.8 Å². The number of hydrazine groups is 1. The molecular weight excluding hydrogens is 334 g/mol. The molecule has 2 fully saturated rings. The Kier molecular flexibility index (Phi) is 4.59. The number of rotatable bonds is 4. The van der Waals surface area contributed by atoms with Crippen LogP contribution in [0.5, 0.6) is 0 Å². The van der Waals surface area contributed by atoms with Crippen LogP contribution in [-0.4, -0.2) is 70.5 Å². The molecule has 2 saturated heterocycles. The van der Waals surface area contributed by atoms with Crippen LogP contribution in [0.15, 0.2) is 0 Å². The molecule has 2 aliphatic rings. The minimum absolute atomic E-state index is 0.00493. The summed E-state index contributed by atoms with van der Waals surface area (Å²) in [7, 11) is -4.87. The predicted octanol–water partition coefficient (Wildman–Crippen LogP) is -2.43. The van der Waals surface area contributed by atoms with Crippen LogP contribution in [0.25, 0.3) is 0 Å². The molecule has 2 heterocycles. The lowest BCUT2D eigenvalue weighted by Crippen LogP contribution is -2.57. The number of nitrogens with zero attached hydrogens (tertiary/aromatic N) is 3. The number of hydrogen-bond acceptors (Lipinski definition) is 8. The summed E-state index contributed by atoms with van der Waals surface area (Å²) in [6.07, 6.45) is 0.384. The van der Waals surface area contributed by atoms with Gasteiger partial charge in [-0.1, -0.05) is 0 Å². The Hall–Kier alpha value is -1.80. The third-order valence-electron chi connectivity index (χ3n) is 3.65. The molecule has 23 heavy (non-hydrogen) atoms. The molecule has 0 aromatic carbocycles. The first-order valence-corrected chi connectivity index (χ1v) is 8.04. The normalized spacial score (nSPS) is 25.5. The Balaban J connectivity index is 2.15. The molecule has 0 aromatic heterocycles. The number of amides is 4. The molecular formula is C10H17N5O7S. The van der Waals surface area contributed by atoms with Gasteiger partial charge >= 0.3 is 16.4 Å². The highest BCUT2D eigenvalue weighted by Crippen LogP contribution is 2.31. The molecule has 12 nitrogen and oxygen atoms in total. The van der Waals surface area contributed by atoms with Crippen LogP contribution in [0.4, 0.5) is 4.79 Å². The van der Waals surface area contributed by atoms with Crippen LogP contribution in [-0.2, 0) is 24.3 Å². The maximum absolute atomic E-state index is 12.3. The van der Waals surface area contributed by atoms with Gasteiger partial charge in [0.15, 0.2) is 0 Å². The van der Waals surface area contributed by atoms with Gasteiger partial charge in [-0.3, -0.25) is 14.1 Å². The lowest BCUT2D eigenvalue weighted by Gasteiger charge is -2.31. The van der Waals surface area contributed by atoms with Crippen molar-refractivity contribution in [1.82, 2.24) is 15.0 Å². The van der Waals surface area contributed by atoms with Crippen molar-refractivity contribution in [3.8, 4) is 0 Å². The van der Waals surface area contributed by atoms with Gasteiger partial charge in [0.2, 0.25) is 0 Å². The van der Waals surface area contributed by atoms with Crippen LogP contribution in [0.1, 0.15) is 19.8 Å². The van der Waals surface area contributed by atoms with E-state index in [0.717, 1.165) is 4.90 Å². The van der Waals surface area contributed by atoms with Gasteiger partial charge < -0.3 is 10.6 Å². The summed E-state index contributed by atoms with van der Waals surface area (Å²) in [5, 5.41) is 0.853. The number of hydrogen-bond donors (Lipinski definition) is 3. The molecule has 0 unspecified atom stereocenters. The zero-order valence-electron chi connectivity index (χ0n) is 12.2. The van der Waals surface area contributed by atoms with Crippen molar-refractivity contribution >= 4 is 28.2 Å². The summed E-state index contributed by atoms with van der Waals surface area (Å²) >= 11 is 0.